The number of nitrogens with two attached hydrogens (primary N) is 1. The quantitative estimate of drug-likeness (QED) is 0.887. The van der Waals surface area contributed by atoms with Crippen molar-refractivity contribution in [3.63, 3.8) is 0 Å². The van der Waals surface area contributed by atoms with E-state index in [0.717, 1.165) is 18.4 Å². The van der Waals surface area contributed by atoms with Crippen molar-refractivity contribution in [2.24, 2.45) is 5.73 Å². The molecule has 3 unspecified atom stereocenters. The van der Waals surface area contributed by atoms with Crippen molar-refractivity contribution in [1.29, 1.82) is 0 Å². The van der Waals surface area contributed by atoms with Gasteiger partial charge in [0.05, 0.1) is 6.04 Å². The van der Waals surface area contributed by atoms with Gasteiger partial charge in [0.15, 0.2) is 0 Å². The molecule has 3 atom stereocenters. The summed E-state index contributed by atoms with van der Waals surface area (Å²) in [6, 6.07) is 4.14. The summed E-state index contributed by atoms with van der Waals surface area (Å²) < 4.78 is 0. The first-order valence-electron chi connectivity index (χ1n) is 6.61. The van der Waals surface area contributed by atoms with Gasteiger partial charge in [0.1, 0.15) is 0 Å². The zero-order valence-electron chi connectivity index (χ0n) is 11.0. The summed E-state index contributed by atoms with van der Waals surface area (Å²) in [5.41, 5.74) is 7.33. The summed E-state index contributed by atoms with van der Waals surface area (Å²) in [7, 11) is 0. The molecule has 1 aliphatic heterocycles. The fourth-order valence-corrected chi connectivity index (χ4v) is 2.62. The molecule has 0 bridgehead atoms. The maximum Gasteiger partial charge on any atom is 0.223 e. The zero-order chi connectivity index (χ0) is 13.1. The highest BCUT2D eigenvalue weighted by Gasteiger charge is 2.36. The van der Waals surface area contributed by atoms with E-state index in [9.17, 15) is 4.79 Å². The lowest BCUT2D eigenvalue weighted by molar-refractivity contribution is -0.140. The third-order valence-electron chi connectivity index (χ3n) is 3.80. The molecule has 2 heterocycles. The molecule has 0 aliphatic carbocycles. The summed E-state index contributed by atoms with van der Waals surface area (Å²) in [6.07, 6.45) is 5.79. The van der Waals surface area contributed by atoms with E-state index >= 15 is 0 Å². The Kier molecular flexibility index (Phi) is 3.97. The number of carbonyl (C=O) groups is 1. The van der Waals surface area contributed by atoms with Crippen molar-refractivity contribution < 1.29 is 4.79 Å². The number of rotatable bonds is 3. The van der Waals surface area contributed by atoms with Crippen LogP contribution in [0.1, 0.15) is 44.7 Å². The monoisotopic (exact) mass is 247 g/mol. The van der Waals surface area contributed by atoms with Gasteiger partial charge in [0.25, 0.3) is 0 Å². The van der Waals surface area contributed by atoms with Gasteiger partial charge in [-0.15, -0.1) is 0 Å². The van der Waals surface area contributed by atoms with Crippen LogP contribution >= 0.6 is 0 Å². The lowest BCUT2D eigenvalue weighted by Crippen LogP contribution is -2.52. The number of pyridine rings is 1. The molecular formula is C14H21N3O. The van der Waals surface area contributed by atoms with Crippen LogP contribution in [0.3, 0.4) is 0 Å². The molecule has 1 saturated heterocycles. The molecule has 4 nitrogen and oxygen atoms in total. The predicted octanol–water partition coefficient (Wildman–Crippen LogP) is 1.87. The van der Waals surface area contributed by atoms with Gasteiger partial charge in [0.2, 0.25) is 5.91 Å². The molecule has 1 amide bonds. The second-order valence-corrected chi connectivity index (χ2v) is 4.99. The van der Waals surface area contributed by atoms with Crippen molar-refractivity contribution in [1.82, 2.24) is 9.88 Å². The van der Waals surface area contributed by atoms with Crippen LogP contribution in [0.5, 0.6) is 0 Å². The Morgan fingerprint density at radius 2 is 2.17 bits per heavy atom. The highest BCUT2D eigenvalue weighted by Crippen LogP contribution is 2.32. The fourth-order valence-electron chi connectivity index (χ4n) is 2.62. The maximum atomic E-state index is 12.2. The fraction of sp³-hybridized carbons (Fsp3) is 0.571. The Bertz CT molecular complexity index is 407. The van der Waals surface area contributed by atoms with Crippen molar-refractivity contribution in [2.45, 2.75) is 51.2 Å². The minimum atomic E-state index is -0.0100. The highest BCUT2D eigenvalue weighted by atomic mass is 16.2. The Labute approximate surface area is 108 Å². The molecule has 1 aliphatic rings. The van der Waals surface area contributed by atoms with Crippen LogP contribution in [-0.4, -0.2) is 27.9 Å². The summed E-state index contributed by atoms with van der Waals surface area (Å²) in [5.74, 6) is 0.216. The van der Waals surface area contributed by atoms with Crippen molar-refractivity contribution in [2.75, 3.05) is 0 Å². The van der Waals surface area contributed by atoms with Crippen molar-refractivity contribution >= 4 is 5.91 Å². The van der Waals surface area contributed by atoms with Gasteiger partial charge in [-0.2, -0.15) is 0 Å². The number of nitrogens with zero attached hydrogens (tertiary/aromatic N) is 2. The highest BCUT2D eigenvalue weighted by molar-refractivity contribution is 5.78. The van der Waals surface area contributed by atoms with E-state index in [-0.39, 0.29) is 24.0 Å². The normalized spacial score (nSPS) is 26.2. The van der Waals surface area contributed by atoms with E-state index in [1.807, 2.05) is 17.0 Å². The molecule has 98 valence electrons. The maximum absolute atomic E-state index is 12.2. The number of hydrogen-bond donors (Lipinski definition) is 1. The van der Waals surface area contributed by atoms with E-state index in [4.69, 9.17) is 5.73 Å². The number of aromatic nitrogens is 1. The van der Waals surface area contributed by atoms with E-state index in [1.54, 1.807) is 12.4 Å². The van der Waals surface area contributed by atoms with Crippen molar-refractivity contribution in [3.8, 4) is 0 Å². The van der Waals surface area contributed by atoms with Crippen LogP contribution in [0.2, 0.25) is 0 Å². The average Bonchev–Trinajstić information content (AvgIpc) is 2.41. The van der Waals surface area contributed by atoms with Gasteiger partial charge in [0, 0.05) is 30.9 Å². The van der Waals surface area contributed by atoms with E-state index in [1.165, 1.54) is 0 Å². The molecule has 1 aromatic heterocycles. The number of hydrogen-bond acceptors (Lipinski definition) is 3. The second kappa shape index (κ2) is 5.48. The zero-order valence-corrected chi connectivity index (χ0v) is 11.0. The molecule has 2 rings (SSSR count). The molecule has 4 heteroatoms. The summed E-state index contributed by atoms with van der Waals surface area (Å²) in [5, 5.41) is 0. The first-order chi connectivity index (χ1) is 8.65. The van der Waals surface area contributed by atoms with Crippen LogP contribution in [0.4, 0.5) is 0 Å². The van der Waals surface area contributed by atoms with E-state index in [0.29, 0.717) is 6.42 Å². The van der Waals surface area contributed by atoms with Crippen LogP contribution in [0.15, 0.2) is 24.5 Å². The van der Waals surface area contributed by atoms with Crippen LogP contribution in [-0.2, 0) is 4.79 Å². The van der Waals surface area contributed by atoms with Gasteiger partial charge >= 0.3 is 0 Å². The number of likely N-dealkylation sites (tertiary alicyclic amines) is 1. The lowest BCUT2D eigenvalue weighted by atomic mass is 9.89. The third kappa shape index (κ3) is 2.38. The standard InChI is InChI=1S/C14H21N3O/c1-3-10(2)17-13(18)5-4-12(15)14(17)11-6-8-16-9-7-11/h6-10,12,14H,3-5,15H2,1-2H3. The van der Waals surface area contributed by atoms with Gasteiger partial charge in [-0.25, -0.2) is 0 Å². The molecule has 0 aromatic carbocycles. The minimum absolute atomic E-state index is 0.0100. The topological polar surface area (TPSA) is 59.2 Å². The summed E-state index contributed by atoms with van der Waals surface area (Å²) >= 11 is 0. The smallest absolute Gasteiger partial charge is 0.223 e. The first kappa shape index (κ1) is 13.0. The molecule has 0 spiro atoms. The van der Waals surface area contributed by atoms with Gasteiger partial charge in [-0.1, -0.05) is 6.92 Å². The molecule has 0 radical (unpaired) electrons. The average molecular weight is 247 g/mol. The molecular weight excluding hydrogens is 226 g/mol. The minimum Gasteiger partial charge on any atom is -0.331 e. The van der Waals surface area contributed by atoms with Gasteiger partial charge in [-0.3, -0.25) is 9.78 Å². The first-order valence-corrected chi connectivity index (χ1v) is 6.61. The van der Waals surface area contributed by atoms with Gasteiger partial charge < -0.3 is 10.6 Å². The molecule has 18 heavy (non-hydrogen) atoms. The lowest BCUT2D eigenvalue weighted by Gasteiger charge is -2.43. The molecule has 2 N–H and O–H groups in total. The number of amides is 1. The Morgan fingerprint density at radius 3 is 2.78 bits per heavy atom. The molecule has 1 aromatic rings. The van der Waals surface area contributed by atoms with Crippen LogP contribution < -0.4 is 5.73 Å². The second-order valence-electron chi connectivity index (χ2n) is 4.99. The number of carbonyl (C=O) groups excluding carboxylic acids is 1. The van der Waals surface area contributed by atoms with E-state index < -0.39 is 0 Å². The van der Waals surface area contributed by atoms with Crippen molar-refractivity contribution in [3.05, 3.63) is 30.1 Å². The Hall–Kier alpha value is -1.42. The number of piperidine rings is 1. The Morgan fingerprint density at radius 1 is 1.50 bits per heavy atom. The third-order valence-corrected chi connectivity index (χ3v) is 3.80. The van der Waals surface area contributed by atoms with Crippen LogP contribution in [0.25, 0.3) is 0 Å². The summed E-state index contributed by atoms with van der Waals surface area (Å²) in [4.78, 5) is 18.2. The van der Waals surface area contributed by atoms with Gasteiger partial charge in [-0.05, 0) is 37.5 Å². The Balaban J connectivity index is 2.35. The SMILES string of the molecule is CCC(C)N1C(=O)CCC(N)C1c1ccncc1. The largest absolute Gasteiger partial charge is 0.331 e. The predicted molar refractivity (Wildman–Crippen MR) is 70.8 cm³/mol. The van der Waals surface area contributed by atoms with Crippen LogP contribution in [0, 0.1) is 0 Å². The molecule has 1 fully saturated rings. The summed E-state index contributed by atoms with van der Waals surface area (Å²) in [6.45, 7) is 4.19. The molecule has 0 saturated carbocycles. The van der Waals surface area contributed by atoms with E-state index in [2.05, 4.69) is 18.8 Å².